The largest absolute Gasteiger partial charge is 0.271 e. The van der Waals surface area contributed by atoms with Crippen LogP contribution in [-0.2, 0) is 4.79 Å². The molecule has 0 saturated carbocycles. The van der Waals surface area contributed by atoms with Crippen LogP contribution in [0.1, 0.15) is 31.1 Å². The molecule has 0 fully saturated rings. The van der Waals surface area contributed by atoms with Crippen molar-refractivity contribution >= 4 is 70.0 Å². The molecular weight excluding hydrogens is 471 g/mol. The first kappa shape index (κ1) is 21.3. The molecule has 0 bridgehead atoms. The summed E-state index contributed by atoms with van der Waals surface area (Å²) < 4.78 is 12.9. The van der Waals surface area contributed by atoms with E-state index in [-0.39, 0.29) is 36.8 Å². The molecule has 3 rings (SSSR count). The lowest BCUT2D eigenvalue weighted by atomic mass is 10.1. The number of nitrogens with zero attached hydrogens (tertiary/aromatic N) is 1. The Balaban J connectivity index is 1.71. The number of nitrogens with one attached hydrogen (secondary N) is 2. The highest BCUT2D eigenvalue weighted by Gasteiger charge is 2.42. The fourth-order valence-electron chi connectivity index (χ4n) is 2.52. The van der Waals surface area contributed by atoms with Gasteiger partial charge < -0.3 is 0 Å². The number of imide groups is 1. The Morgan fingerprint density at radius 2 is 1.31 bits per heavy atom. The number of halogens is 5. The van der Waals surface area contributed by atoms with Crippen LogP contribution in [0.15, 0.2) is 24.3 Å². The highest BCUT2D eigenvalue weighted by molar-refractivity contribution is 6.55. The van der Waals surface area contributed by atoms with Gasteiger partial charge in [0.1, 0.15) is 12.4 Å². The molecule has 0 spiro atoms. The molecule has 0 atom stereocenters. The molecule has 0 aliphatic carbocycles. The van der Waals surface area contributed by atoms with E-state index in [0.29, 0.717) is 4.90 Å². The van der Waals surface area contributed by atoms with Gasteiger partial charge in [0.15, 0.2) is 0 Å². The number of fused-ring (bicyclic) bond motifs is 1. The van der Waals surface area contributed by atoms with Crippen LogP contribution in [0.25, 0.3) is 0 Å². The molecule has 7 nitrogen and oxygen atoms in total. The second-order valence-corrected chi connectivity index (χ2v) is 7.22. The summed E-state index contributed by atoms with van der Waals surface area (Å²) in [6, 6.07) is 4.55. The normalized spacial score (nSPS) is 12.8. The van der Waals surface area contributed by atoms with Gasteiger partial charge in [-0.3, -0.25) is 34.9 Å². The van der Waals surface area contributed by atoms with Gasteiger partial charge in [-0.1, -0.05) is 46.4 Å². The summed E-state index contributed by atoms with van der Waals surface area (Å²) in [5.74, 6) is -3.94. The number of benzene rings is 2. The van der Waals surface area contributed by atoms with Gasteiger partial charge in [-0.15, -0.1) is 0 Å². The summed E-state index contributed by atoms with van der Waals surface area (Å²) >= 11 is 23.8. The first-order valence-corrected chi connectivity index (χ1v) is 9.21. The van der Waals surface area contributed by atoms with Gasteiger partial charge in [0.05, 0.1) is 31.2 Å². The van der Waals surface area contributed by atoms with Gasteiger partial charge in [-0.2, -0.15) is 0 Å². The lowest BCUT2D eigenvalue weighted by Crippen LogP contribution is -2.47. The first-order chi connectivity index (χ1) is 13.6. The minimum Gasteiger partial charge on any atom is -0.271 e. The zero-order chi connectivity index (χ0) is 21.5. The number of amides is 4. The Morgan fingerprint density at radius 3 is 1.79 bits per heavy atom. The number of carbonyl (C=O) groups excluding carboxylic acids is 4. The zero-order valence-electron chi connectivity index (χ0n) is 14.0. The van der Waals surface area contributed by atoms with E-state index in [4.69, 9.17) is 46.4 Å². The van der Waals surface area contributed by atoms with E-state index >= 15 is 0 Å². The quantitative estimate of drug-likeness (QED) is 0.305. The monoisotopic (exact) mass is 477 g/mol. The summed E-state index contributed by atoms with van der Waals surface area (Å²) in [5.41, 5.74) is 3.68. The predicted octanol–water partition coefficient (Wildman–Crippen LogP) is 3.50. The fraction of sp³-hybridized carbons (Fsp3) is 0.0588. The van der Waals surface area contributed by atoms with Gasteiger partial charge >= 0.3 is 0 Å². The molecule has 0 saturated heterocycles. The van der Waals surface area contributed by atoms with Crippen LogP contribution in [0.5, 0.6) is 0 Å². The highest BCUT2D eigenvalue weighted by Crippen LogP contribution is 2.44. The number of hydrogen-bond acceptors (Lipinski definition) is 4. The second-order valence-electron chi connectivity index (χ2n) is 5.71. The molecular formula is C17H8Cl4FN3O4. The van der Waals surface area contributed by atoms with E-state index in [2.05, 4.69) is 5.43 Å². The van der Waals surface area contributed by atoms with Gasteiger partial charge in [-0.05, 0) is 24.3 Å². The van der Waals surface area contributed by atoms with E-state index in [1.807, 2.05) is 5.43 Å². The molecule has 2 aromatic rings. The summed E-state index contributed by atoms with van der Waals surface area (Å²) in [6.07, 6.45) is 0. The molecule has 29 heavy (non-hydrogen) atoms. The zero-order valence-corrected chi connectivity index (χ0v) is 17.0. The van der Waals surface area contributed by atoms with E-state index in [1.165, 1.54) is 12.1 Å². The van der Waals surface area contributed by atoms with E-state index < -0.39 is 36.0 Å². The van der Waals surface area contributed by atoms with Crippen molar-refractivity contribution in [3.8, 4) is 0 Å². The summed E-state index contributed by atoms with van der Waals surface area (Å²) in [4.78, 5) is 49.6. The summed E-state index contributed by atoms with van der Waals surface area (Å²) in [7, 11) is 0. The van der Waals surface area contributed by atoms with Crippen LogP contribution in [-0.4, -0.2) is 35.1 Å². The van der Waals surface area contributed by atoms with Crippen LogP contribution in [0, 0.1) is 5.82 Å². The van der Waals surface area contributed by atoms with Crippen molar-refractivity contribution in [1.29, 1.82) is 0 Å². The Hall–Kier alpha value is -2.39. The highest BCUT2D eigenvalue weighted by atomic mass is 35.5. The standard InChI is InChI=1S/C17H8Cl4FN3O4/c18-11-9-10(12(19)14(21)13(11)20)17(29)25(16(9)28)5-8(26)23-24-15(27)6-1-3-7(22)4-2-6/h1-4H,5H2,(H,23,26)(H,24,27). The second kappa shape index (κ2) is 8.16. The van der Waals surface area contributed by atoms with Crippen LogP contribution >= 0.6 is 46.4 Å². The third-order valence-electron chi connectivity index (χ3n) is 3.91. The molecule has 2 aromatic carbocycles. The van der Waals surface area contributed by atoms with Crippen molar-refractivity contribution in [3.05, 3.63) is 66.9 Å². The molecule has 2 N–H and O–H groups in total. The molecule has 4 amide bonds. The van der Waals surface area contributed by atoms with Gasteiger partial charge in [0, 0.05) is 5.56 Å². The average molecular weight is 479 g/mol. The SMILES string of the molecule is O=C(CN1C(=O)c2c(Cl)c(Cl)c(Cl)c(Cl)c2C1=O)NNC(=O)c1ccc(F)cc1. The van der Waals surface area contributed by atoms with Gasteiger partial charge in [-0.25, -0.2) is 4.39 Å². The van der Waals surface area contributed by atoms with Gasteiger partial charge in [0.2, 0.25) is 0 Å². The van der Waals surface area contributed by atoms with Crippen LogP contribution < -0.4 is 10.9 Å². The molecule has 0 unspecified atom stereocenters. The minimum atomic E-state index is -0.893. The topological polar surface area (TPSA) is 95.6 Å². The van der Waals surface area contributed by atoms with E-state index in [0.717, 1.165) is 12.1 Å². The number of carbonyl (C=O) groups is 4. The third-order valence-corrected chi connectivity index (χ3v) is 5.71. The maximum atomic E-state index is 12.9. The lowest BCUT2D eigenvalue weighted by molar-refractivity contribution is -0.122. The molecule has 0 aromatic heterocycles. The third kappa shape index (κ3) is 3.89. The fourth-order valence-corrected chi connectivity index (χ4v) is 3.54. The van der Waals surface area contributed by atoms with E-state index in [9.17, 15) is 23.6 Å². The predicted molar refractivity (Wildman–Crippen MR) is 104 cm³/mol. The van der Waals surface area contributed by atoms with Crippen molar-refractivity contribution in [1.82, 2.24) is 15.8 Å². The van der Waals surface area contributed by atoms with Crippen LogP contribution in [0.2, 0.25) is 20.1 Å². The van der Waals surface area contributed by atoms with E-state index in [1.54, 1.807) is 0 Å². The maximum Gasteiger partial charge on any atom is 0.269 e. The number of hydrogen-bond donors (Lipinski definition) is 2. The molecule has 150 valence electrons. The number of hydrazine groups is 1. The van der Waals surface area contributed by atoms with Crippen LogP contribution in [0.4, 0.5) is 4.39 Å². The molecule has 12 heteroatoms. The minimum absolute atomic E-state index is 0.0790. The average Bonchev–Trinajstić information content (AvgIpc) is 2.94. The maximum absolute atomic E-state index is 12.9. The summed E-state index contributed by atoms with van der Waals surface area (Å²) in [6.45, 7) is -0.738. The smallest absolute Gasteiger partial charge is 0.269 e. The number of rotatable bonds is 3. The molecule has 0 radical (unpaired) electrons. The lowest BCUT2D eigenvalue weighted by Gasteiger charge is -2.14. The molecule has 1 heterocycles. The van der Waals surface area contributed by atoms with Crippen molar-refractivity contribution < 1.29 is 23.6 Å². The summed E-state index contributed by atoms with van der Waals surface area (Å²) in [5, 5.41) is -0.920. The Kier molecular flexibility index (Phi) is 6.00. The Bertz CT molecular complexity index is 1030. The first-order valence-electron chi connectivity index (χ1n) is 7.70. The van der Waals surface area contributed by atoms with Gasteiger partial charge in [0.25, 0.3) is 23.6 Å². The van der Waals surface area contributed by atoms with Crippen molar-refractivity contribution in [2.24, 2.45) is 0 Å². The van der Waals surface area contributed by atoms with Crippen molar-refractivity contribution in [2.75, 3.05) is 6.54 Å². The Labute approximate surface area is 182 Å². The molecule has 1 aliphatic rings. The van der Waals surface area contributed by atoms with Crippen LogP contribution in [0.3, 0.4) is 0 Å². The van der Waals surface area contributed by atoms with Crippen molar-refractivity contribution in [3.63, 3.8) is 0 Å². The Morgan fingerprint density at radius 1 is 0.828 bits per heavy atom. The van der Waals surface area contributed by atoms with Crippen molar-refractivity contribution in [2.45, 2.75) is 0 Å². The molecule has 1 aliphatic heterocycles.